The Hall–Kier alpha value is -4.54. The second-order valence-electron chi connectivity index (χ2n) is 25.6. The number of rotatable bonds is 72. The van der Waals surface area contributed by atoms with Gasteiger partial charge in [0.25, 0.3) is 0 Å². The van der Waals surface area contributed by atoms with E-state index in [1.54, 1.807) is 0 Å². The highest BCUT2D eigenvalue weighted by molar-refractivity contribution is 7.47. The molecule has 0 saturated carbocycles. The summed E-state index contributed by atoms with van der Waals surface area (Å²) < 4.78 is 68.4. The van der Waals surface area contributed by atoms with Crippen molar-refractivity contribution in [2.75, 3.05) is 39.6 Å². The SMILES string of the molecule is CC/C=C\C/C=C\C/C=C\C/C=C\C/C=C\C/C=C\CCC(=O)OC[C@H](COP(=O)(O)OC[C@@H](O)COP(=O)(O)OC[C@@H](COC(=O)CCCCCCC/C=C\CCCCCC)OC(=O)CCCCCCC/C=C\CCCCCC)OC(=O)CCCCCCC/C=C\C/C=C\CCCCC. The summed E-state index contributed by atoms with van der Waals surface area (Å²) in [7, 11) is -9.98. The first-order valence-electron chi connectivity index (χ1n) is 38.8. The lowest BCUT2D eigenvalue weighted by molar-refractivity contribution is -0.161. The molecule has 5 atom stereocenters. The molecule has 0 saturated heterocycles. The van der Waals surface area contributed by atoms with Crippen molar-refractivity contribution in [3.63, 3.8) is 0 Å². The van der Waals surface area contributed by atoms with E-state index in [4.69, 9.17) is 37.0 Å². The number of phosphoric acid groups is 2. The van der Waals surface area contributed by atoms with Crippen LogP contribution in [-0.4, -0.2) is 96.7 Å². The van der Waals surface area contributed by atoms with Gasteiger partial charge in [-0.05, 0) is 148 Å². The highest BCUT2D eigenvalue weighted by atomic mass is 31.2. The van der Waals surface area contributed by atoms with Crippen molar-refractivity contribution in [3.8, 4) is 0 Å². The molecule has 0 bridgehead atoms. The smallest absolute Gasteiger partial charge is 0.462 e. The summed E-state index contributed by atoms with van der Waals surface area (Å²) in [6.07, 6.45) is 79.1. The average molecular weight is 1450 g/mol. The lowest BCUT2D eigenvalue weighted by atomic mass is 10.1. The maximum absolute atomic E-state index is 13.1. The third kappa shape index (κ3) is 71.8. The summed E-state index contributed by atoms with van der Waals surface area (Å²) >= 11 is 0. The van der Waals surface area contributed by atoms with Gasteiger partial charge in [-0.15, -0.1) is 0 Å². The molecule has 0 aromatic carbocycles. The Kier molecular flexibility index (Phi) is 69.5. The number of phosphoric ester groups is 2. The minimum absolute atomic E-state index is 0.0308. The van der Waals surface area contributed by atoms with Gasteiger partial charge in [0.1, 0.15) is 19.3 Å². The van der Waals surface area contributed by atoms with E-state index < -0.39 is 97.5 Å². The first-order valence-corrected chi connectivity index (χ1v) is 41.8. The maximum atomic E-state index is 13.1. The normalized spacial score (nSPS) is 14.6. The van der Waals surface area contributed by atoms with Gasteiger partial charge >= 0.3 is 39.5 Å². The second-order valence-corrected chi connectivity index (χ2v) is 28.5. The number of aliphatic hydroxyl groups is 1. The largest absolute Gasteiger partial charge is 0.472 e. The van der Waals surface area contributed by atoms with Crippen LogP contribution in [0.5, 0.6) is 0 Å². The van der Waals surface area contributed by atoms with Crippen LogP contribution in [0.2, 0.25) is 0 Å². The van der Waals surface area contributed by atoms with Crippen molar-refractivity contribution >= 4 is 39.5 Å². The van der Waals surface area contributed by atoms with Crippen LogP contribution in [0.15, 0.2) is 122 Å². The molecule has 100 heavy (non-hydrogen) atoms. The van der Waals surface area contributed by atoms with Crippen LogP contribution in [0.3, 0.4) is 0 Å². The molecule has 0 radical (unpaired) electrons. The fraction of sp³-hybridized carbons (Fsp3) is 0.704. The third-order valence-corrected chi connectivity index (χ3v) is 17.8. The van der Waals surface area contributed by atoms with Crippen molar-refractivity contribution < 1.29 is 80.2 Å². The second kappa shape index (κ2) is 72.8. The molecule has 0 aromatic heterocycles. The summed E-state index contributed by atoms with van der Waals surface area (Å²) in [5, 5.41) is 10.6. The Bertz CT molecular complexity index is 2370. The summed E-state index contributed by atoms with van der Waals surface area (Å²) in [6, 6.07) is 0. The third-order valence-electron chi connectivity index (χ3n) is 15.9. The Morgan fingerprint density at radius 1 is 0.290 bits per heavy atom. The van der Waals surface area contributed by atoms with Crippen molar-refractivity contribution in [3.05, 3.63) is 122 Å². The lowest BCUT2D eigenvalue weighted by Crippen LogP contribution is -2.30. The lowest BCUT2D eigenvalue weighted by Gasteiger charge is -2.21. The summed E-state index contributed by atoms with van der Waals surface area (Å²) in [5.41, 5.74) is 0. The molecule has 0 aliphatic carbocycles. The van der Waals surface area contributed by atoms with E-state index in [2.05, 4.69) is 131 Å². The van der Waals surface area contributed by atoms with Gasteiger partial charge in [-0.3, -0.25) is 37.3 Å². The summed E-state index contributed by atoms with van der Waals surface area (Å²) in [6.45, 7) is 4.59. The van der Waals surface area contributed by atoms with E-state index in [9.17, 15) is 43.2 Å². The van der Waals surface area contributed by atoms with E-state index in [1.807, 2.05) is 18.2 Å². The van der Waals surface area contributed by atoms with Gasteiger partial charge in [-0.2, -0.15) is 0 Å². The van der Waals surface area contributed by atoms with Crippen molar-refractivity contribution in [1.29, 1.82) is 0 Å². The van der Waals surface area contributed by atoms with Gasteiger partial charge in [0.15, 0.2) is 12.2 Å². The van der Waals surface area contributed by atoms with Crippen LogP contribution in [0.4, 0.5) is 0 Å². The zero-order chi connectivity index (χ0) is 73.2. The average Bonchev–Trinajstić information content (AvgIpc) is 0.946. The molecule has 0 fully saturated rings. The van der Waals surface area contributed by atoms with Gasteiger partial charge in [0.2, 0.25) is 0 Å². The van der Waals surface area contributed by atoms with E-state index in [-0.39, 0.29) is 25.7 Å². The Balaban J connectivity index is 5.43. The zero-order valence-corrected chi connectivity index (χ0v) is 64.4. The van der Waals surface area contributed by atoms with E-state index in [1.165, 1.54) is 70.6 Å². The van der Waals surface area contributed by atoms with Crippen molar-refractivity contribution in [1.82, 2.24) is 0 Å². The van der Waals surface area contributed by atoms with Crippen LogP contribution in [0, 0.1) is 0 Å². The molecule has 574 valence electrons. The molecule has 0 heterocycles. The Morgan fingerprint density at radius 3 is 0.890 bits per heavy atom. The molecule has 0 spiro atoms. The fourth-order valence-electron chi connectivity index (χ4n) is 9.97. The number of aliphatic hydroxyl groups excluding tert-OH is 1. The Morgan fingerprint density at radius 2 is 0.540 bits per heavy atom. The molecule has 0 amide bonds. The van der Waals surface area contributed by atoms with E-state index in [0.717, 1.165) is 154 Å². The van der Waals surface area contributed by atoms with Crippen LogP contribution < -0.4 is 0 Å². The number of carbonyl (C=O) groups excluding carboxylic acids is 4. The molecule has 17 nitrogen and oxygen atoms in total. The van der Waals surface area contributed by atoms with Gasteiger partial charge in [0, 0.05) is 25.7 Å². The topological polar surface area (TPSA) is 237 Å². The van der Waals surface area contributed by atoms with Gasteiger partial charge in [-0.25, -0.2) is 9.13 Å². The number of carbonyl (C=O) groups is 4. The van der Waals surface area contributed by atoms with E-state index >= 15 is 0 Å². The minimum Gasteiger partial charge on any atom is -0.462 e. The predicted molar refractivity (Wildman–Crippen MR) is 408 cm³/mol. The number of hydrogen-bond donors (Lipinski definition) is 3. The number of unbranched alkanes of at least 4 members (excludes halogenated alkanes) is 26. The Labute approximate surface area is 606 Å². The monoisotopic (exact) mass is 1440 g/mol. The van der Waals surface area contributed by atoms with Gasteiger partial charge in [-0.1, -0.05) is 258 Å². The minimum atomic E-state index is -5.00. The first kappa shape index (κ1) is 95.5. The molecule has 0 rings (SSSR count). The summed E-state index contributed by atoms with van der Waals surface area (Å²) in [4.78, 5) is 72.8. The van der Waals surface area contributed by atoms with Gasteiger partial charge < -0.3 is 33.8 Å². The van der Waals surface area contributed by atoms with Crippen LogP contribution in [0.1, 0.15) is 310 Å². The molecular weight excluding hydrogens is 1310 g/mol. The molecular formula is C81H138O17P2. The number of hydrogen-bond acceptors (Lipinski definition) is 15. The zero-order valence-electron chi connectivity index (χ0n) is 62.6. The molecule has 2 unspecified atom stereocenters. The van der Waals surface area contributed by atoms with Crippen molar-refractivity contribution in [2.24, 2.45) is 0 Å². The van der Waals surface area contributed by atoms with Crippen molar-refractivity contribution in [2.45, 2.75) is 329 Å². The number of allylic oxidation sites excluding steroid dienone is 20. The molecule has 0 aromatic rings. The predicted octanol–water partition coefficient (Wildman–Crippen LogP) is 22.3. The molecule has 0 aliphatic rings. The highest BCUT2D eigenvalue weighted by Crippen LogP contribution is 2.45. The molecule has 0 aliphatic heterocycles. The first-order chi connectivity index (χ1) is 48.7. The molecule has 19 heteroatoms. The van der Waals surface area contributed by atoms with Crippen LogP contribution in [0.25, 0.3) is 0 Å². The number of ether oxygens (including phenoxy) is 4. The quantitative estimate of drug-likeness (QED) is 0.0169. The standard InChI is InChI=1S/C81H138O17P2/c1-5-9-13-17-21-25-29-33-35-36-37-38-40-43-46-50-54-58-62-66-79(84)92-72-77(98-81(86)68-64-60-56-52-48-44-39-34-30-26-22-18-14-10-6-2)74-96-100(89,90)94-70-75(82)69-93-99(87,88)95-73-76(97-80(85)67-63-59-55-51-47-42-32-28-24-20-16-12-8-4)71-91-78(83)65-61-57-53-49-45-41-31-27-23-19-15-11-7-3/h9,13,21-22,25-28,31-35,37-39,43,46,54,58,75-77,82H,5-8,10-12,14-20,23-24,29-30,36,40-42,44-45,47-53,55-57,59-74H2,1-4H3,(H,87,88)(H,89,90)/b13-9-,25-21-,26-22-,31-27-,32-28-,35-33-,38-37-,39-34-,46-43-,58-54-/t75-,76+,77+/m0/s1. The maximum Gasteiger partial charge on any atom is 0.472 e. The van der Waals surface area contributed by atoms with Crippen LogP contribution >= 0.6 is 15.6 Å². The fourth-order valence-corrected chi connectivity index (χ4v) is 11.5. The highest BCUT2D eigenvalue weighted by Gasteiger charge is 2.30. The van der Waals surface area contributed by atoms with E-state index in [0.29, 0.717) is 32.1 Å². The van der Waals surface area contributed by atoms with Gasteiger partial charge in [0.05, 0.1) is 26.4 Å². The van der Waals surface area contributed by atoms with Crippen LogP contribution in [-0.2, 0) is 65.4 Å². The number of esters is 4. The molecule has 3 N–H and O–H groups in total. The summed E-state index contributed by atoms with van der Waals surface area (Å²) in [5.74, 6) is -2.30.